The average Bonchev–Trinajstić information content (AvgIpc) is 3.12. The van der Waals surface area contributed by atoms with Crippen molar-refractivity contribution >= 4 is 22.8 Å². The standard InChI is InChI=1S/C19H17N3O3/c23-18(14-5-7-20-8-6-14)21-9-11-22(12-10-21)19(24)16-13-25-17-4-2-1-3-15(16)17/h1-8,13H,9-12H2. The first-order valence-electron chi connectivity index (χ1n) is 8.19. The highest BCUT2D eigenvalue weighted by atomic mass is 16.3. The number of pyridine rings is 1. The Bertz CT molecular complexity index is 912. The van der Waals surface area contributed by atoms with E-state index >= 15 is 0 Å². The highest BCUT2D eigenvalue weighted by Crippen LogP contribution is 2.22. The van der Waals surface area contributed by atoms with Gasteiger partial charge in [0.2, 0.25) is 0 Å². The van der Waals surface area contributed by atoms with Gasteiger partial charge in [-0.15, -0.1) is 0 Å². The summed E-state index contributed by atoms with van der Waals surface area (Å²) < 4.78 is 5.46. The van der Waals surface area contributed by atoms with E-state index in [0.29, 0.717) is 42.9 Å². The van der Waals surface area contributed by atoms with Gasteiger partial charge in [-0.3, -0.25) is 14.6 Å². The van der Waals surface area contributed by atoms with Crippen molar-refractivity contribution in [3.8, 4) is 0 Å². The first-order chi connectivity index (χ1) is 12.2. The predicted molar refractivity (Wildman–Crippen MR) is 92.3 cm³/mol. The minimum Gasteiger partial charge on any atom is -0.463 e. The van der Waals surface area contributed by atoms with Gasteiger partial charge in [-0.2, -0.15) is 0 Å². The number of furan rings is 1. The molecule has 1 aliphatic rings. The minimum atomic E-state index is -0.0547. The number of para-hydroxylation sites is 1. The van der Waals surface area contributed by atoms with Crippen molar-refractivity contribution in [3.63, 3.8) is 0 Å². The van der Waals surface area contributed by atoms with Gasteiger partial charge in [0.25, 0.3) is 11.8 Å². The van der Waals surface area contributed by atoms with E-state index in [2.05, 4.69) is 4.98 Å². The van der Waals surface area contributed by atoms with Gasteiger partial charge in [-0.05, 0) is 18.2 Å². The SMILES string of the molecule is O=C(c1ccncc1)N1CCN(C(=O)c2coc3ccccc23)CC1. The monoisotopic (exact) mass is 335 g/mol. The number of hydrogen-bond donors (Lipinski definition) is 0. The predicted octanol–water partition coefficient (Wildman–Crippen LogP) is 2.43. The molecule has 1 aliphatic heterocycles. The summed E-state index contributed by atoms with van der Waals surface area (Å²) in [5, 5.41) is 0.822. The van der Waals surface area contributed by atoms with Gasteiger partial charge in [0.15, 0.2) is 0 Å². The summed E-state index contributed by atoms with van der Waals surface area (Å²) in [6, 6.07) is 10.9. The molecule has 1 fully saturated rings. The number of fused-ring (bicyclic) bond motifs is 1. The molecule has 3 heterocycles. The molecule has 0 spiro atoms. The Morgan fingerprint density at radius 3 is 2.24 bits per heavy atom. The number of amides is 2. The molecule has 3 aromatic rings. The molecule has 126 valence electrons. The zero-order valence-electron chi connectivity index (χ0n) is 13.6. The molecule has 0 aliphatic carbocycles. The first-order valence-corrected chi connectivity index (χ1v) is 8.19. The lowest BCUT2D eigenvalue weighted by Crippen LogP contribution is -2.50. The van der Waals surface area contributed by atoms with Crippen molar-refractivity contribution in [1.82, 2.24) is 14.8 Å². The number of carbonyl (C=O) groups is 2. The maximum Gasteiger partial charge on any atom is 0.257 e. The molecule has 0 bridgehead atoms. The van der Waals surface area contributed by atoms with E-state index in [4.69, 9.17) is 4.42 Å². The molecule has 0 saturated carbocycles. The van der Waals surface area contributed by atoms with Gasteiger partial charge in [0, 0.05) is 49.5 Å². The summed E-state index contributed by atoms with van der Waals surface area (Å²) in [5.41, 5.74) is 1.90. The fraction of sp³-hybridized carbons (Fsp3) is 0.211. The van der Waals surface area contributed by atoms with Gasteiger partial charge in [0.1, 0.15) is 11.8 Å². The van der Waals surface area contributed by atoms with Crippen LogP contribution in [0.2, 0.25) is 0 Å². The summed E-state index contributed by atoms with van der Waals surface area (Å²) in [6.07, 6.45) is 4.73. The summed E-state index contributed by atoms with van der Waals surface area (Å²) in [6.45, 7) is 2.05. The van der Waals surface area contributed by atoms with Crippen molar-refractivity contribution in [1.29, 1.82) is 0 Å². The molecular formula is C19H17N3O3. The highest BCUT2D eigenvalue weighted by Gasteiger charge is 2.27. The van der Waals surface area contributed by atoms with Crippen LogP contribution in [0, 0.1) is 0 Å². The Kier molecular flexibility index (Phi) is 3.93. The van der Waals surface area contributed by atoms with E-state index in [0.717, 1.165) is 5.39 Å². The largest absolute Gasteiger partial charge is 0.463 e. The summed E-state index contributed by atoms with van der Waals surface area (Å²) >= 11 is 0. The zero-order chi connectivity index (χ0) is 17.2. The van der Waals surface area contributed by atoms with Crippen LogP contribution in [0.25, 0.3) is 11.0 Å². The summed E-state index contributed by atoms with van der Waals surface area (Å²) in [5.74, 6) is -0.0794. The van der Waals surface area contributed by atoms with Crippen LogP contribution in [0.15, 0.2) is 59.5 Å². The van der Waals surface area contributed by atoms with E-state index in [9.17, 15) is 9.59 Å². The molecule has 6 heteroatoms. The van der Waals surface area contributed by atoms with E-state index < -0.39 is 0 Å². The van der Waals surface area contributed by atoms with Crippen molar-refractivity contribution in [3.05, 3.63) is 66.2 Å². The second-order valence-electron chi connectivity index (χ2n) is 5.97. The molecule has 1 aromatic carbocycles. The van der Waals surface area contributed by atoms with Crippen molar-refractivity contribution in [2.45, 2.75) is 0 Å². The van der Waals surface area contributed by atoms with E-state index in [1.54, 1.807) is 34.3 Å². The number of nitrogens with zero attached hydrogens (tertiary/aromatic N) is 3. The zero-order valence-corrected chi connectivity index (χ0v) is 13.6. The highest BCUT2D eigenvalue weighted by molar-refractivity contribution is 6.06. The number of carbonyl (C=O) groups excluding carboxylic acids is 2. The molecule has 1 saturated heterocycles. The molecule has 2 amide bonds. The molecule has 25 heavy (non-hydrogen) atoms. The smallest absolute Gasteiger partial charge is 0.257 e. The van der Waals surface area contributed by atoms with Crippen LogP contribution >= 0.6 is 0 Å². The molecule has 2 aromatic heterocycles. The number of hydrogen-bond acceptors (Lipinski definition) is 4. The lowest BCUT2D eigenvalue weighted by molar-refractivity contribution is 0.0536. The van der Waals surface area contributed by atoms with E-state index in [1.807, 2.05) is 24.3 Å². The lowest BCUT2D eigenvalue weighted by atomic mass is 10.1. The molecule has 6 nitrogen and oxygen atoms in total. The maximum atomic E-state index is 12.8. The van der Waals surface area contributed by atoms with Crippen LogP contribution in [-0.4, -0.2) is 52.8 Å². The topological polar surface area (TPSA) is 66.7 Å². The van der Waals surface area contributed by atoms with Gasteiger partial charge in [0.05, 0.1) is 5.56 Å². The molecular weight excluding hydrogens is 318 g/mol. The molecule has 0 N–H and O–H groups in total. The van der Waals surface area contributed by atoms with E-state index in [1.165, 1.54) is 6.26 Å². The number of aromatic nitrogens is 1. The van der Waals surface area contributed by atoms with Crippen LogP contribution in [0.4, 0.5) is 0 Å². The first kappa shape index (κ1) is 15.4. The summed E-state index contributed by atoms with van der Waals surface area (Å²) in [7, 11) is 0. The number of rotatable bonds is 2. The Morgan fingerprint density at radius 2 is 1.52 bits per heavy atom. The maximum absolute atomic E-state index is 12.8. The van der Waals surface area contributed by atoms with Gasteiger partial charge in [-0.1, -0.05) is 18.2 Å². The van der Waals surface area contributed by atoms with E-state index in [-0.39, 0.29) is 11.8 Å². The molecule has 0 unspecified atom stereocenters. The Hall–Kier alpha value is -3.15. The lowest BCUT2D eigenvalue weighted by Gasteiger charge is -2.34. The molecule has 0 atom stereocenters. The van der Waals surface area contributed by atoms with Crippen LogP contribution in [0.3, 0.4) is 0 Å². The van der Waals surface area contributed by atoms with Crippen molar-refractivity contribution < 1.29 is 14.0 Å². The Morgan fingerprint density at radius 1 is 0.880 bits per heavy atom. The van der Waals surface area contributed by atoms with Crippen LogP contribution in [0.5, 0.6) is 0 Å². The van der Waals surface area contributed by atoms with Crippen molar-refractivity contribution in [2.24, 2.45) is 0 Å². The third-order valence-electron chi connectivity index (χ3n) is 4.49. The molecule has 4 rings (SSSR count). The van der Waals surface area contributed by atoms with Crippen LogP contribution in [0.1, 0.15) is 20.7 Å². The van der Waals surface area contributed by atoms with Gasteiger partial charge in [-0.25, -0.2) is 0 Å². The number of benzene rings is 1. The third-order valence-corrected chi connectivity index (χ3v) is 4.49. The second kappa shape index (κ2) is 6.39. The fourth-order valence-corrected chi connectivity index (χ4v) is 3.10. The van der Waals surface area contributed by atoms with Gasteiger partial charge >= 0.3 is 0 Å². The number of piperazine rings is 1. The fourth-order valence-electron chi connectivity index (χ4n) is 3.10. The Labute approximate surface area is 144 Å². The molecule has 0 radical (unpaired) electrons. The van der Waals surface area contributed by atoms with Gasteiger partial charge < -0.3 is 14.2 Å². The minimum absolute atomic E-state index is 0.0248. The summed E-state index contributed by atoms with van der Waals surface area (Å²) in [4.78, 5) is 32.7. The Balaban J connectivity index is 1.45. The third kappa shape index (κ3) is 2.87. The second-order valence-corrected chi connectivity index (χ2v) is 5.97. The average molecular weight is 335 g/mol. The quantitative estimate of drug-likeness (QED) is 0.721. The van der Waals surface area contributed by atoms with Crippen molar-refractivity contribution in [2.75, 3.05) is 26.2 Å². The normalized spacial score (nSPS) is 14.7. The van der Waals surface area contributed by atoms with Crippen LogP contribution in [-0.2, 0) is 0 Å². The van der Waals surface area contributed by atoms with Crippen LogP contribution < -0.4 is 0 Å².